The zero-order chi connectivity index (χ0) is 17.3. The quantitative estimate of drug-likeness (QED) is 0.928. The van der Waals surface area contributed by atoms with Gasteiger partial charge in [-0.25, -0.2) is 9.37 Å². The average Bonchev–Trinajstić information content (AvgIpc) is 2.96. The molecule has 0 aliphatic carbocycles. The summed E-state index contributed by atoms with van der Waals surface area (Å²) in [6.07, 6.45) is 2.48. The van der Waals surface area contributed by atoms with Gasteiger partial charge in [0.2, 0.25) is 11.8 Å². The van der Waals surface area contributed by atoms with Gasteiger partial charge in [-0.1, -0.05) is 12.1 Å². The van der Waals surface area contributed by atoms with E-state index in [4.69, 9.17) is 0 Å². The van der Waals surface area contributed by atoms with E-state index in [2.05, 4.69) is 10.3 Å². The van der Waals surface area contributed by atoms with Gasteiger partial charge in [-0.2, -0.15) is 0 Å². The van der Waals surface area contributed by atoms with Crippen LogP contribution in [-0.2, 0) is 9.59 Å². The SMILES string of the molecule is Cc1cnc(NC(=O)[C@H]2CCC(=O)N(C)[C@@H]2c2ccc(F)cc2)s1. The monoisotopic (exact) mass is 347 g/mol. The number of hydrogen-bond donors (Lipinski definition) is 1. The molecule has 1 saturated heterocycles. The van der Waals surface area contributed by atoms with E-state index in [9.17, 15) is 14.0 Å². The summed E-state index contributed by atoms with van der Waals surface area (Å²) in [5.74, 6) is -0.929. The lowest BCUT2D eigenvalue weighted by atomic mass is 9.84. The zero-order valence-corrected chi connectivity index (χ0v) is 14.3. The minimum absolute atomic E-state index is 0.0153. The lowest BCUT2D eigenvalue weighted by Gasteiger charge is -2.38. The van der Waals surface area contributed by atoms with Gasteiger partial charge < -0.3 is 10.2 Å². The minimum Gasteiger partial charge on any atom is -0.338 e. The maximum absolute atomic E-state index is 13.2. The molecule has 1 aliphatic heterocycles. The molecule has 1 aliphatic rings. The number of likely N-dealkylation sites (tertiary alicyclic amines) is 1. The van der Waals surface area contributed by atoms with Gasteiger partial charge in [-0.3, -0.25) is 9.59 Å². The third-order valence-corrected chi connectivity index (χ3v) is 5.09. The van der Waals surface area contributed by atoms with Crippen LogP contribution >= 0.6 is 11.3 Å². The third-order valence-electron chi connectivity index (χ3n) is 4.26. The topological polar surface area (TPSA) is 62.3 Å². The van der Waals surface area contributed by atoms with Crippen molar-refractivity contribution < 1.29 is 14.0 Å². The number of aromatic nitrogens is 1. The van der Waals surface area contributed by atoms with Crippen molar-refractivity contribution in [2.75, 3.05) is 12.4 Å². The number of aryl methyl sites for hydroxylation is 1. The van der Waals surface area contributed by atoms with Crippen LogP contribution < -0.4 is 5.32 Å². The minimum atomic E-state index is -0.409. The van der Waals surface area contributed by atoms with E-state index in [0.717, 1.165) is 10.4 Å². The van der Waals surface area contributed by atoms with E-state index in [1.54, 1.807) is 30.3 Å². The molecule has 126 valence electrons. The molecule has 1 aromatic heterocycles. The Morgan fingerprint density at radius 2 is 2.08 bits per heavy atom. The molecule has 0 saturated carbocycles. The predicted molar refractivity (Wildman–Crippen MR) is 90.1 cm³/mol. The number of halogens is 1. The van der Waals surface area contributed by atoms with Gasteiger partial charge >= 0.3 is 0 Å². The van der Waals surface area contributed by atoms with Crippen molar-refractivity contribution >= 4 is 28.3 Å². The van der Waals surface area contributed by atoms with E-state index in [-0.39, 0.29) is 17.6 Å². The second-order valence-corrected chi connectivity index (χ2v) is 7.15. The van der Waals surface area contributed by atoms with Crippen molar-refractivity contribution in [3.8, 4) is 0 Å². The maximum atomic E-state index is 13.2. The molecular formula is C17H18FN3O2S. The molecule has 1 fully saturated rings. The van der Waals surface area contributed by atoms with Crippen LogP contribution in [0.15, 0.2) is 30.5 Å². The number of nitrogens with zero attached hydrogens (tertiary/aromatic N) is 2. The average molecular weight is 347 g/mol. The number of piperidine rings is 1. The number of carbonyl (C=O) groups is 2. The number of carbonyl (C=O) groups excluding carboxylic acids is 2. The first-order valence-electron chi connectivity index (χ1n) is 7.70. The molecule has 2 atom stereocenters. The molecule has 3 rings (SSSR count). The highest BCUT2D eigenvalue weighted by molar-refractivity contribution is 7.15. The lowest BCUT2D eigenvalue weighted by molar-refractivity contribution is -0.140. The molecule has 2 aromatic rings. The molecule has 1 aromatic carbocycles. The summed E-state index contributed by atoms with van der Waals surface area (Å²) in [5.41, 5.74) is 0.752. The van der Waals surface area contributed by atoms with Crippen LogP contribution in [0.2, 0.25) is 0 Å². The first kappa shape index (κ1) is 16.6. The second-order valence-electron chi connectivity index (χ2n) is 5.91. The zero-order valence-electron chi connectivity index (χ0n) is 13.5. The number of hydrogen-bond acceptors (Lipinski definition) is 4. The fourth-order valence-corrected chi connectivity index (χ4v) is 3.71. The van der Waals surface area contributed by atoms with Gasteiger partial charge in [-0.05, 0) is 31.0 Å². The summed E-state index contributed by atoms with van der Waals surface area (Å²) in [4.78, 5) is 31.5. The third kappa shape index (κ3) is 3.31. The van der Waals surface area contributed by atoms with E-state index < -0.39 is 12.0 Å². The predicted octanol–water partition coefficient (Wildman–Crippen LogP) is 3.14. The number of rotatable bonds is 3. The number of anilines is 1. The molecule has 0 radical (unpaired) electrons. The summed E-state index contributed by atoms with van der Waals surface area (Å²) in [6.45, 7) is 1.92. The largest absolute Gasteiger partial charge is 0.338 e. The summed E-state index contributed by atoms with van der Waals surface area (Å²) in [5, 5.41) is 3.39. The Kier molecular flexibility index (Phi) is 4.62. The molecule has 0 bridgehead atoms. The first-order chi connectivity index (χ1) is 11.5. The molecule has 2 heterocycles. The van der Waals surface area contributed by atoms with Crippen LogP contribution in [0.4, 0.5) is 9.52 Å². The Morgan fingerprint density at radius 3 is 2.71 bits per heavy atom. The van der Waals surface area contributed by atoms with Gasteiger partial charge in [0.1, 0.15) is 5.82 Å². The normalized spacial score (nSPS) is 21.0. The van der Waals surface area contributed by atoms with Gasteiger partial charge in [0.25, 0.3) is 0 Å². The van der Waals surface area contributed by atoms with Crippen LogP contribution in [0, 0.1) is 18.7 Å². The molecule has 7 heteroatoms. The first-order valence-corrected chi connectivity index (χ1v) is 8.52. The van der Waals surface area contributed by atoms with Crippen LogP contribution in [0.1, 0.15) is 29.3 Å². The Labute approximate surface area is 143 Å². The number of benzene rings is 1. The summed E-state index contributed by atoms with van der Waals surface area (Å²) in [7, 11) is 1.68. The van der Waals surface area contributed by atoms with Crippen LogP contribution in [0.3, 0.4) is 0 Å². The van der Waals surface area contributed by atoms with Crippen molar-refractivity contribution in [3.05, 3.63) is 46.7 Å². The number of nitrogens with one attached hydrogen (secondary N) is 1. The highest BCUT2D eigenvalue weighted by atomic mass is 32.1. The molecule has 24 heavy (non-hydrogen) atoms. The smallest absolute Gasteiger partial charge is 0.231 e. The van der Waals surface area contributed by atoms with Crippen molar-refractivity contribution in [1.82, 2.24) is 9.88 Å². The number of amides is 2. The van der Waals surface area contributed by atoms with Crippen molar-refractivity contribution in [1.29, 1.82) is 0 Å². The molecule has 1 N–H and O–H groups in total. The Hall–Kier alpha value is -2.28. The van der Waals surface area contributed by atoms with Gasteiger partial charge in [0, 0.05) is 24.5 Å². The second kappa shape index (κ2) is 6.68. The van der Waals surface area contributed by atoms with Crippen LogP contribution in [-0.4, -0.2) is 28.7 Å². The van der Waals surface area contributed by atoms with Crippen molar-refractivity contribution in [2.45, 2.75) is 25.8 Å². The van der Waals surface area contributed by atoms with Gasteiger partial charge in [-0.15, -0.1) is 11.3 Å². The van der Waals surface area contributed by atoms with E-state index in [1.165, 1.54) is 23.5 Å². The Balaban J connectivity index is 1.86. The molecule has 2 amide bonds. The van der Waals surface area contributed by atoms with Crippen molar-refractivity contribution in [2.24, 2.45) is 5.92 Å². The van der Waals surface area contributed by atoms with E-state index in [1.807, 2.05) is 6.92 Å². The molecule has 5 nitrogen and oxygen atoms in total. The molecular weight excluding hydrogens is 329 g/mol. The standard InChI is InChI=1S/C17H18FN3O2S/c1-10-9-19-17(24-10)20-16(23)13-7-8-14(22)21(2)15(13)11-3-5-12(18)6-4-11/h3-6,9,13,15H,7-8H2,1-2H3,(H,19,20,23)/t13-,15+/m0/s1. The van der Waals surface area contributed by atoms with Gasteiger partial charge in [0.05, 0.1) is 12.0 Å². The highest BCUT2D eigenvalue weighted by Crippen LogP contribution is 2.36. The van der Waals surface area contributed by atoms with Crippen LogP contribution in [0.5, 0.6) is 0 Å². The van der Waals surface area contributed by atoms with Crippen LogP contribution in [0.25, 0.3) is 0 Å². The Bertz CT molecular complexity index is 759. The van der Waals surface area contributed by atoms with Gasteiger partial charge in [0.15, 0.2) is 5.13 Å². The van der Waals surface area contributed by atoms with Crippen molar-refractivity contribution in [3.63, 3.8) is 0 Å². The summed E-state index contributed by atoms with van der Waals surface area (Å²) in [6, 6.07) is 5.54. The summed E-state index contributed by atoms with van der Waals surface area (Å²) < 4.78 is 13.2. The fraction of sp³-hybridized carbons (Fsp3) is 0.353. The lowest BCUT2D eigenvalue weighted by Crippen LogP contribution is -2.44. The fourth-order valence-electron chi connectivity index (χ4n) is 3.04. The van der Waals surface area contributed by atoms with E-state index >= 15 is 0 Å². The van der Waals surface area contributed by atoms with E-state index in [0.29, 0.717) is 18.0 Å². The molecule has 0 unspecified atom stereocenters. The summed E-state index contributed by atoms with van der Waals surface area (Å²) >= 11 is 1.41. The highest BCUT2D eigenvalue weighted by Gasteiger charge is 2.39. The Morgan fingerprint density at radius 1 is 1.38 bits per heavy atom. The maximum Gasteiger partial charge on any atom is 0.231 e. The number of thiazole rings is 1. The molecule has 0 spiro atoms.